The molecule has 1 fully saturated rings. The van der Waals surface area contributed by atoms with Crippen molar-refractivity contribution in [3.63, 3.8) is 0 Å². The maximum atomic E-state index is 12.0. The normalized spacial score (nSPS) is 25.4. The molecule has 15 heteroatoms. The second-order valence-corrected chi connectivity index (χ2v) is 6.47. The standard InChI is InChI=1S/C15H20N7O7.Na/c1-5(24)7(16)13(27)21-15(28)20-11-8-12(18-3-17-11)22(4-19-8)14-10(26)9(25)6(2-23)29-14;/h3-7,9-10,14,24-26H,2,16H2,1H3,(H2,17,18,20,21,27,28);/q-1;+1/t5-,6-,7+,9-,10-,14-;/m1./s1. The van der Waals surface area contributed by atoms with Crippen LogP contribution in [0.5, 0.6) is 0 Å². The summed E-state index contributed by atoms with van der Waals surface area (Å²) in [5.41, 5.74) is 5.69. The van der Waals surface area contributed by atoms with E-state index in [2.05, 4.69) is 20.3 Å². The number of imidazole rings is 1. The van der Waals surface area contributed by atoms with Gasteiger partial charge in [0, 0.05) is 0 Å². The van der Waals surface area contributed by atoms with E-state index in [1.165, 1.54) is 17.8 Å². The van der Waals surface area contributed by atoms with Gasteiger partial charge < -0.3 is 30.9 Å². The molecule has 0 radical (unpaired) electrons. The summed E-state index contributed by atoms with van der Waals surface area (Å²) in [7, 11) is 0. The fraction of sp³-hybridized carbons (Fsp3) is 0.533. The molecule has 0 aromatic carbocycles. The zero-order valence-corrected chi connectivity index (χ0v) is 18.2. The van der Waals surface area contributed by atoms with Gasteiger partial charge in [0.1, 0.15) is 24.6 Å². The number of rotatable bonds is 5. The second kappa shape index (κ2) is 10.0. The Morgan fingerprint density at radius 2 is 2.03 bits per heavy atom. The van der Waals surface area contributed by atoms with Crippen molar-refractivity contribution in [1.29, 1.82) is 0 Å². The van der Waals surface area contributed by atoms with Crippen LogP contribution in [0.15, 0.2) is 12.7 Å². The Morgan fingerprint density at radius 3 is 2.63 bits per heavy atom. The predicted molar refractivity (Wildman–Crippen MR) is 92.9 cm³/mol. The molecule has 6 atom stereocenters. The molecule has 1 aliphatic rings. The van der Waals surface area contributed by atoms with E-state index in [0.29, 0.717) is 0 Å². The number of imide groups is 1. The second-order valence-electron chi connectivity index (χ2n) is 6.47. The van der Waals surface area contributed by atoms with Crippen molar-refractivity contribution in [1.82, 2.24) is 24.8 Å². The number of aliphatic hydroxyl groups is 3. The number of hydrogen-bond acceptors (Lipinski definition) is 11. The summed E-state index contributed by atoms with van der Waals surface area (Å²) in [5, 5.41) is 44.7. The first kappa shape index (κ1) is 24.5. The van der Waals surface area contributed by atoms with Gasteiger partial charge in [-0.25, -0.2) is 19.7 Å². The average molecular weight is 433 g/mol. The van der Waals surface area contributed by atoms with Crippen molar-refractivity contribution in [3.05, 3.63) is 12.7 Å². The first-order chi connectivity index (χ1) is 13.7. The number of anilines is 1. The van der Waals surface area contributed by atoms with Crippen molar-refractivity contribution in [2.24, 2.45) is 5.73 Å². The molecule has 1 aliphatic heterocycles. The van der Waals surface area contributed by atoms with E-state index in [-0.39, 0.29) is 46.5 Å². The summed E-state index contributed by atoms with van der Waals surface area (Å²) in [4.78, 5) is 35.7. The maximum Gasteiger partial charge on any atom is 1.00 e. The van der Waals surface area contributed by atoms with Gasteiger partial charge in [-0.2, -0.15) is 0 Å². The number of hydrogen-bond donors (Lipinski definition) is 6. The molecule has 0 saturated carbocycles. The molecule has 2 aromatic heterocycles. The van der Waals surface area contributed by atoms with E-state index in [9.17, 15) is 30.0 Å². The van der Waals surface area contributed by atoms with Crippen LogP contribution in [0.2, 0.25) is 0 Å². The Morgan fingerprint density at radius 1 is 1.33 bits per heavy atom. The van der Waals surface area contributed by atoms with E-state index < -0.39 is 55.2 Å². The molecular weight excluding hydrogens is 413 g/mol. The molecule has 0 aliphatic carbocycles. The van der Waals surface area contributed by atoms with Crippen LogP contribution in [-0.2, 0) is 9.53 Å². The number of carbonyl (C=O) groups excluding carboxylic acids is 2. The van der Waals surface area contributed by atoms with Crippen LogP contribution >= 0.6 is 0 Å². The Kier molecular flexibility index (Phi) is 8.20. The Labute approximate surface area is 191 Å². The van der Waals surface area contributed by atoms with E-state index in [1.807, 2.05) is 5.32 Å². The summed E-state index contributed by atoms with van der Waals surface area (Å²) in [6.45, 7) is 0.558. The third kappa shape index (κ3) is 4.77. The number of amides is 3. The molecule has 1 saturated heterocycles. The minimum Gasteiger partial charge on any atom is -0.853 e. The quantitative estimate of drug-likeness (QED) is 0.243. The fourth-order valence-electron chi connectivity index (χ4n) is 2.78. The van der Waals surface area contributed by atoms with Gasteiger partial charge in [0.05, 0.1) is 18.5 Å². The van der Waals surface area contributed by atoms with E-state index in [1.54, 1.807) is 0 Å². The Hall–Kier alpha value is -1.75. The largest absolute Gasteiger partial charge is 1.00 e. The zero-order valence-electron chi connectivity index (χ0n) is 16.2. The molecule has 3 amide bonds. The number of nitrogens with one attached hydrogen (secondary N) is 2. The van der Waals surface area contributed by atoms with Gasteiger partial charge in [-0.15, -0.1) is 6.61 Å². The van der Waals surface area contributed by atoms with E-state index in [4.69, 9.17) is 10.5 Å². The summed E-state index contributed by atoms with van der Waals surface area (Å²) >= 11 is 0. The molecule has 7 N–H and O–H groups in total. The van der Waals surface area contributed by atoms with Gasteiger partial charge >= 0.3 is 35.6 Å². The van der Waals surface area contributed by atoms with Crippen LogP contribution in [0.25, 0.3) is 11.2 Å². The summed E-state index contributed by atoms with van der Waals surface area (Å²) in [6, 6.07) is -2.26. The predicted octanol–water partition coefficient (Wildman–Crippen LogP) is -6.83. The molecule has 14 nitrogen and oxygen atoms in total. The SMILES string of the molecule is C[C@@H](O)[C@H](N)C(=O)NC(=O)Nc1ncnc2c1ncn2[C@@H]1O[C@H](C[O-])[C@@H](O)[C@H]1O.[Na+]. The van der Waals surface area contributed by atoms with Crippen LogP contribution in [0.1, 0.15) is 13.2 Å². The number of carbonyl (C=O) groups is 2. The topological polar surface area (TPSA) is 221 Å². The van der Waals surface area contributed by atoms with Gasteiger partial charge in [-0.1, -0.05) is 0 Å². The molecule has 0 unspecified atom stereocenters. The molecule has 158 valence electrons. The molecule has 30 heavy (non-hydrogen) atoms. The average Bonchev–Trinajstić information content (AvgIpc) is 3.23. The minimum absolute atomic E-state index is 0. The van der Waals surface area contributed by atoms with Crippen molar-refractivity contribution in [2.75, 3.05) is 11.9 Å². The van der Waals surface area contributed by atoms with Gasteiger partial charge in [0.15, 0.2) is 23.2 Å². The van der Waals surface area contributed by atoms with E-state index >= 15 is 0 Å². The van der Waals surface area contributed by atoms with Crippen molar-refractivity contribution in [2.45, 2.75) is 43.6 Å². The van der Waals surface area contributed by atoms with Crippen molar-refractivity contribution < 1.29 is 64.3 Å². The van der Waals surface area contributed by atoms with E-state index in [0.717, 1.165) is 6.33 Å². The van der Waals surface area contributed by atoms with Crippen molar-refractivity contribution >= 4 is 28.9 Å². The number of aliphatic hydroxyl groups excluding tert-OH is 3. The summed E-state index contributed by atoms with van der Waals surface area (Å²) in [6.07, 6.45) is -3.79. The van der Waals surface area contributed by atoms with Crippen LogP contribution in [-0.4, -0.2) is 83.8 Å². The van der Waals surface area contributed by atoms with Gasteiger partial charge in [-0.05, 0) is 6.92 Å². The smallest absolute Gasteiger partial charge is 0.853 e. The molecule has 3 heterocycles. The van der Waals surface area contributed by atoms with Crippen molar-refractivity contribution in [3.8, 4) is 0 Å². The zero-order chi connectivity index (χ0) is 21.3. The number of ether oxygens (including phenoxy) is 1. The van der Waals surface area contributed by atoms with Crippen LogP contribution in [0.3, 0.4) is 0 Å². The maximum absolute atomic E-state index is 12.0. The number of nitrogens with two attached hydrogens (primary N) is 1. The third-order valence-corrected chi connectivity index (χ3v) is 4.43. The fourth-order valence-corrected chi connectivity index (χ4v) is 2.78. The number of nitrogens with zero attached hydrogens (tertiary/aromatic N) is 4. The monoisotopic (exact) mass is 433 g/mol. The summed E-state index contributed by atoms with van der Waals surface area (Å²) in [5.74, 6) is -0.952. The van der Waals surface area contributed by atoms with Crippen LogP contribution in [0.4, 0.5) is 10.6 Å². The third-order valence-electron chi connectivity index (χ3n) is 4.43. The Balaban J connectivity index is 0.00000320. The van der Waals surface area contributed by atoms with Crippen LogP contribution < -0.4 is 51.0 Å². The Bertz CT molecular complexity index is 911. The molecular formula is C15H20N7NaO7. The van der Waals surface area contributed by atoms with Gasteiger partial charge in [-0.3, -0.25) is 20.0 Å². The molecule has 2 aromatic rings. The minimum atomic E-state index is -1.39. The number of urea groups is 1. The first-order valence-corrected chi connectivity index (χ1v) is 8.57. The van der Waals surface area contributed by atoms with Crippen LogP contribution in [0, 0.1) is 0 Å². The first-order valence-electron chi connectivity index (χ1n) is 8.57. The number of fused-ring (bicyclic) bond motifs is 1. The summed E-state index contributed by atoms with van der Waals surface area (Å²) < 4.78 is 6.67. The van der Waals surface area contributed by atoms with Gasteiger partial charge in [0.25, 0.3) is 0 Å². The molecule has 3 rings (SSSR count). The number of aromatic nitrogens is 4. The molecule has 0 bridgehead atoms. The molecule has 0 spiro atoms. The van der Waals surface area contributed by atoms with Gasteiger partial charge in [0.2, 0.25) is 5.91 Å².